The van der Waals surface area contributed by atoms with Gasteiger partial charge in [0.2, 0.25) is 0 Å². The van der Waals surface area contributed by atoms with Gasteiger partial charge in [-0.25, -0.2) is 14.0 Å². The van der Waals surface area contributed by atoms with Crippen molar-refractivity contribution in [2.24, 2.45) is 0 Å². The predicted octanol–water partition coefficient (Wildman–Crippen LogP) is 3.01. The van der Waals surface area contributed by atoms with Crippen molar-refractivity contribution in [1.29, 1.82) is 0 Å². The molecule has 0 radical (unpaired) electrons. The molecule has 6 nitrogen and oxygen atoms in total. The van der Waals surface area contributed by atoms with Crippen LogP contribution < -0.4 is 10.6 Å². The number of amides is 3. The van der Waals surface area contributed by atoms with Gasteiger partial charge < -0.3 is 20.3 Å². The van der Waals surface area contributed by atoms with Crippen LogP contribution in [0.3, 0.4) is 0 Å². The van der Waals surface area contributed by atoms with Crippen molar-refractivity contribution >= 4 is 23.5 Å². The third-order valence-corrected chi connectivity index (χ3v) is 4.69. The van der Waals surface area contributed by atoms with Crippen molar-refractivity contribution in [3.8, 4) is 0 Å². The molecule has 0 bridgehead atoms. The molecule has 0 fully saturated rings. The minimum Gasteiger partial charge on any atom is -0.439 e. The van der Waals surface area contributed by atoms with Gasteiger partial charge in [0.15, 0.2) is 0 Å². The highest BCUT2D eigenvalue weighted by Crippen LogP contribution is 2.24. The third-order valence-electron chi connectivity index (χ3n) is 3.99. The Hall–Kier alpha value is -2.61. The van der Waals surface area contributed by atoms with E-state index in [1.165, 1.54) is 30.5 Å². The first-order valence-electron chi connectivity index (χ1n) is 7.77. The SMILES string of the molecule is CNC(=O)OC(CNC(=O)N1Cc2ccc(F)cc2C1)c1ccsc1. The number of halogens is 1. The maximum atomic E-state index is 13.3. The van der Waals surface area contributed by atoms with E-state index < -0.39 is 12.2 Å². The number of nitrogens with zero attached hydrogens (tertiary/aromatic N) is 1. The molecule has 2 N–H and O–H groups in total. The molecular formula is C17H18FN3O3S. The van der Waals surface area contributed by atoms with Crippen LogP contribution in [-0.4, -0.2) is 30.6 Å². The highest BCUT2D eigenvalue weighted by atomic mass is 32.1. The molecular weight excluding hydrogens is 345 g/mol. The fourth-order valence-electron chi connectivity index (χ4n) is 2.67. The molecule has 2 aromatic rings. The summed E-state index contributed by atoms with van der Waals surface area (Å²) in [6.45, 7) is 0.948. The second-order valence-corrected chi connectivity index (χ2v) is 6.44. The zero-order valence-corrected chi connectivity index (χ0v) is 14.4. The van der Waals surface area contributed by atoms with E-state index in [1.54, 1.807) is 11.0 Å². The van der Waals surface area contributed by atoms with Crippen LogP contribution >= 0.6 is 11.3 Å². The van der Waals surface area contributed by atoms with E-state index in [0.717, 1.165) is 16.7 Å². The lowest BCUT2D eigenvalue weighted by molar-refractivity contribution is 0.0980. The first kappa shape index (κ1) is 17.2. The quantitative estimate of drug-likeness (QED) is 0.877. The second kappa shape index (κ2) is 7.52. The Morgan fingerprint density at radius 1 is 1.32 bits per heavy atom. The van der Waals surface area contributed by atoms with Gasteiger partial charge in [0.25, 0.3) is 0 Å². The van der Waals surface area contributed by atoms with Crippen molar-refractivity contribution in [2.45, 2.75) is 19.2 Å². The minimum atomic E-state index is -0.572. The summed E-state index contributed by atoms with van der Waals surface area (Å²) < 4.78 is 18.6. The number of ether oxygens (including phenoxy) is 1. The average Bonchev–Trinajstić information content (AvgIpc) is 3.27. The largest absolute Gasteiger partial charge is 0.439 e. The molecule has 3 amide bonds. The van der Waals surface area contributed by atoms with E-state index in [2.05, 4.69) is 10.6 Å². The molecule has 1 aliphatic rings. The molecule has 1 aliphatic heterocycles. The fourth-order valence-corrected chi connectivity index (χ4v) is 3.37. The number of nitrogens with one attached hydrogen (secondary N) is 2. The highest BCUT2D eigenvalue weighted by molar-refractivity contribution is 7.07. The molecule has 0 aliphatic carbocycles. The Balaban J connectivity index is 1.60. The summed E-state index contributed by atoms with van der Waals surface area (Å²) in [5.41, 5.74) is 2.57. The van der Waals surface area contributed by atoms with Crippen LogP contribution in [0.25, 0.3) is 0 Å². The van der Waals surface area contributed by atoms with Crippen molar-refractivity contribution in [2.75, 3.05) is 13.6 Å². The maximum absolute atomic E-state index is 13.3. The van der Waals surface area contributed by atoms with Gasteiger partial charge in [0.1, 0.15) is 11.9 Å². The molecule has 1 unspecified atom stereocenters. The Morgan fingerprint density at radius 3 is 2.84 bits per heavy atom. The van der Waals surface area contributed by atoms with Crippen molar-refractivity contribution in [3.05, 3.63) is 57.5 Å². The lowest BCUT2D eigenvalue weighted by Crippen LogP contribution is -2.39. The number of fused-ring (bicyclic) bond motifs is 1. The van der Waals surface area contributed by atoms with Gasteiger partial charge in [0, 0.05) is 25.7 Å². The number of carbonyl (C=O) groups excluding carboxylic acids is 2. The predicted molar refractivity (Wildman–Crippen MR) is 91.6 cm³/mol. The van der Waals surface area contributed by atoms with Gasteiger partial charge in [-0.15, -0.1) is 0 Å². The maximum Gasteiger partial charge on any atom is 0.407 e. The van der Waals surface area contributed by atoms with Crippen molar-refractivity contribution in [1.82, 2.24) is 15.5 Å². The van der Waals surface area contributed by atoms with Crippen LogP contribution in [0.2, 0.25) is 0 Å². The van der Waals surface area contributed by atoms with Gasteiger partial charge in [0.05, 0.1) is 6.54 Å². The van der Waals surface area contributed by atoms with E-state index >= 15 is 0 Å². The van der Waals surface area contributed by atoms with Gasteiger partial charge >= 0.3 is 12.1 Å². The van der Waals surface area contributed by atoms with E-state index in [4.69, 9.17) is 4.74 Å². The Morgan fingerprint density at radius 2 is 2.12 bits per heavy atom. The normalized spacial score (nSPS) is 13.9. The molecule has 25 heavy (non-hydrogen) atoms. The second-order valence-electron chi connectivity index (χ2n) is 5.66. The number of hydrogen-bond acceptors (Lipinski definition) is 4. The van der Waals surface area contributed by atoms with Crippen LogP contribution in [0.5, 0.6) is 0 Å². The summed E-state index contributed by atoms with van der Waals surface area (Å²) in [6, 6.07) is 6.10. The van der Waals surface area contributed by atoms with Crippen LogP contribution in [0, 0.1) is 5.82 Å². The van der Waals surface area contributed by atoms with Crippen LogP contribution in [0.1, 0.15) is 22.8 Å². The molecule has 8 heteroatoms. The molecule has 2 heterocycles. The summed E-state index contributed by atoms with van der Waals surface area (Å²) >= 11 is 1.48. The number of benzene rings is 1. The molecule has 0 saturated carbocycles. The average molecular weight is 363 g/mol. The number of thiophene rings is 1. The summed E-state index contributed by atoms with van der Waals surface area (Å²) in [4.78, 5) is 25.5. The molecule has 0 saturated heterocycles. The lowest BCUT2D eigenvalue weighted by Gasteiger charge is -2.21. The Labute approximate surface area is 148 Å². The van der Waals surface area contributed by atoms with Crippen LogP contribution in [0.15, 0.2) is 35.0 Å². The first-order chi connectivity index (χ1) is 12.1. The van der Waals surface area contributed by atoms with Crippen LogP contribution in [0.4, 0.5) is 14.0 Å². The molecule has 1 aromatic carbocycles. The summed E-state index contributed by atoms with van der Waals surface area (Å²) in [6.07, 6.45) is -1.13. The fraction of sp³-hybridized carbons (Fsp3) is 0.294. The summed E-state index contributed by atoms with van der Waals surface area (Å²) in [5.74, 6) is -0.308. The van der Waals surface area contributed by atoms with E-state index in [-0.39, 0.29) is 18.4 Å². The summed E-state index contributed by atoms with van der Waals surface area (Å²) in [7, 11) is 1.48. The van der Waals surface area contributed by atoms with Gasteiger partial charge in [-0.3, -0.25) is 0 Å². The number of urea groups is 1. The van der Waals surface area contributed by atoms with Crippen molar-refractivity contribution < 1.29 is 18.7 Å². The highest BCUT2D eigenvalue weighted by Gasteiger charge is 2.25. The molecule has 132 valence electrons. The van der Waals surface area contributed by atoms with E-state index in [9.17, 15) is 14.0 Å². The Bertz CT molecular complexity index is 767. The number of carbonyl (C=O) groups is 2. The standard InChI is InChI=1S/C17H18FN3O3S/c1-19-17(23)24-15(12-4-5-25-10-12)7-20-16(22)21-8-11-2-3-14(18)6-13(11)9-21/h2-6,10,15H,7-9H2,1H3,(H,19,23)(H,20,22). The minimum absolute atomic E-state index is 0.157. The van der Waals surface area contributed by atoms with Gasteiger partial charge in [-0.05, 0) is 40.1 Å². The van der Waals surface area contributed by atoms with Gasteiger partial charge in [-0.2, -0.15) is 11.3 Å². The topological polar surface area (TPSA) is 70.7 Å². The summed E-state index contributed by atoms with van der Waals surface area (Å²) in [5, 5.41) is 8.93. The third kappa shape index (κ3) is 4.08. The monoisotopic (exact) mass is 363 g/mol. The smallest absolute Gasteiger partial charge is 0.407 e. The van der Waals surface area contributed by atoms with E-state index in [1.807, 2.05) is 16.8 Å². The number of hydrogen-bond donors (Lipinski definition) is 2. The van der Waals surface area contributed by atoms with Crippen molar-refractivity contribution in [3.63, 3.8) is 0 Å². The zero-order valence-electron chi connectivity index (χ0n) is 13.6. The number of rotatable bonds is 4. The van der Waals surface area contributed by atoms with E-state index in [0.29, 0.717) is 13.1 Å². The first-order valence-corrected chi connectivity index (χ1v) is 8.71. The van der Waals surface area contributed by atoms with Gasteiger partial charge in [-0.1, -0.05) is 6.07 Å². The molecule has 1 aromatic heterocycles. The number of alkyl carbamates (subject to hydrolysis) is 1. The molecule has 3 rings (SSSR count). The Kier molecular flexibility index (Phi) is 5.18. The van der Waals surface area contributed by atoms with Crippen LogP contribution in [-0.2, 0) is 17.8 Å². The molecule has 0 spiro atoms. The molecule has 1 atom stereocenters. The lowest BCUT2D eigenvalue weighted by atomic mass is 10.1. The zero-order chi connectivity index (χ0) is 17.8.